The summed E-state index contributed by atoms with van der Waals surface area (Å²) in [7, 11) is 1.70. The fraction of sp³-hybridized carbons (Fsp3) is 0.400. The van der Waals surface area contributed by atoms with Gasteiger partial charge < -0.3 is 0 Å². The summed E-state index contributed by atoms with van der Waals surface area (Å²) in [5.41, 5.74) is 2.40. The lowest BCUT2D eigenvalue weighted by Crippen LogP contribution is -2.44. The van der Waals surface area contributed by atoms with Gasteiger partial charge in [-0.15, -0.1) is 0 Å². The zero-order valence-corrected chi connectivity index (χ0v) is 12.0. The molecule has 2 heterocycles. The van der Waals surface area contributed by atoms with Crippen LogP contribution in [-0.4, -0.2) is 20.9 Å². The van der Waals surface area contributed by atoms with Gasteiger partial charge in [-0.05, 0) is 24.5 Å². The standard InChI is InChI=1S/C15H17N3O3/c1-3-9-5-4-6-10-13(9)18(15(21)17(10)2)11-7-8-12(19)16-14(11)20/h4-6,11H,3,7-8H2,1-2H3,(H,16,19,20). The minimum Gasteiger partial charge on any atom is -0.295 e. The van der Waals surface area contributed by atoms with Crippen molar-refractivity contribution in [2.45, 2.75) is 32.2 Å². The molecule has 0 radical (unpaired) electrons. The molecule has 0 spiro atoms. The molecule has 1 fully saturated rings. The lowest BCUT2D eigenvalue weighted by atomic mass is 10.0. The molecule has 6 nitrogen and oxygen atoms in total. The topological polar surface area (TPSA) is 73.1 Å². The van der Waals surface area contributed by atoms with Crippen LogP contribution >= 0.6 is 0 Å². The normalized spacial score (nSPS) is 19.0. The number of carbonyl (C=O) groups excluding carboxylic acids is 2. The van der Waals surface area contributed by atoms with E-state index in [9.17, 15) is 14.4 Å². The summed E-state index contributed by atoms with van der Waals surface area (Å²) in [5, 5.41) is 2.32. The number of rotatable bonds is 2. The first-order chi connectivity index (χ1) is 10.0. The second kappa shape index (κ2) is 4.87. The highest BCUT2D eigenvalue weighted by atomic mass is 16.2. The molecular weight excluding hydrogens is 270 g/mol. The van der Waals surface area contributed by atoms with E-state index < -0.39 is 11.9 Å². The van der Waals surface area contributed by atoms with Gasteiger partial charge >= 0.3 is 5.69 Å². The fourth-order valence-electron chi connectivity index (χ4n) is 2.99. The predicted molar refractivity (Wildman–Crippen MR) is 78.0 cm³/mol. The van der Waals surface area contributed by atoms with Crippen LogP contribution in [0.25, 0.3) is 11.0 Å². The average Bonchev–Trinajstić information content (AvgIpc) is 2.72. The predicted octanol–water partition coefficient (Wildman–Crippen LogP) is 0.880. The Morgan fingerprint density at radius 3 is 2.71 bits per heavy atom. The molecule has 1 N–H and O–H groups in total. The Balaban J connectivity index is 2.27. The number of fused-ring (bicyclic) bond motifs is 1. The summed E-state index contributed by atoms with van der Waals surface area (Å²) in [4.78, 5) is 36.0. The van der Waals surface area contributed by atoms with Crippen molar-refractivity contribution in [3.8, 4) is 0 Å². The number of imide groups is 1. The number of benzene rings is 1. The molecule has 1 unspecified atom stereocenters. The summed E-state index contributed by atoms with van der Waals surface area (Å²) in [6.07, 6.45) is 1.39. The smallest absolute Gasteiger partial charge is 0.295 e. The molecule has 6 heteroatoms. The Bertz CT molecular complexity index is 800. The number of amides is 2. The molecular formula is C15H17N3O3. The first kappa shape index (κ1) is 13.6. The van der Waals surface area contributed by atoms with E-state index in [1.54, 1.807) is 11.6 Å². The number of aryl methyl sites for hydroxylation is 2. The summed E-state index contributed by atoms with van der Waals surface area (Å²) < 4.78 is 3.09. The fourth-order valence-corrected chi connectivity index (χ4v) is 2.99. The minimum absolute atomic E-state index is 0.222. The molecule has 1 atom stereocenters. The quantitative estimate of drug-likeness (QED) is 0.833. The Morgan fingerprint density at radius 1 is 1.29 bits per heavy atom. The van der Waals surface area contributed by atoms with Gasteiger partial charge in [-0.2, -0.15) is 0 Å². The van der Waals surface area contributed by atoms with Gasteiger partial charge in [-0.25, -0.2) is 4.79 Å². The molecule has 1 aliphatic rings. The number of hydrogen-bond donors (Lipinski definition) is 1. The summed E-state index contributed by atoms with van der Waals surface area (Å²) in [6, 6.07) is 5.13. The Morgan fingerprint density at radius 2 is 2.05 bits per heavy atom. The lowest BCUT2D eigenvalue weighted by molar-refractivity contribution is -0.135. The van der Waals surface area contributed by atoms with Crippen molar-refractivity contribution >= 4 is 22.8 Å². The number of carbonyl (C=O) groups is 2. The van der Waals surface area contributed by atoms with Gasteiger partial charge in [0.2, 0.25) is 11.8 Å². The molecule has 1 saturated heterocycles. The Kier molecular flexibility index (Phi) is 3.16. The van der Waals surface area contributed by atoms with E-state index in [0.29, 0.717) is 6.42 Å². The van der Waals surface area contributed by atoms with E-state index in [1.165, 1.54) is 4.57 Å². The van der Waals surface area contributed by atoms with Crippen molar-refractivity contribution in [2.75, 3.05) is 0 Å². The highest BCUT2D eigenvalue weighted by Crippen LogP contribution is 2.25. The molecule has 1 aromatic heterocycles. The van der Waals surface area contributed by atoms with Crippen LogP contribution in [0, 0.1) is 0 Å². The van der Waals surface area contributed by atoms with Gasteiger partial charge in [0, 0.05) is 13.5 Å². The van der Waals surface area contributed by atoms with Crippen LogP contribution in [-0.2, 0) is 23.1 Å². The van der Waals surface area contributed by atoms with E-state index in [2.05, 4.69) is 5.32 Å². The van der Waals surface area contributed by atoms with E-state index in [1.807, 2.05) is 25.1 Å². The van der Waals surface area contributed by atoms with Crippen LogP contribution in [0.5, 0.6) is 0 Å². The van der Waals surface area contributed by atoms with E-state index in [-0.39, 0.29) is 18.0 Å². The number of nitrogens with zero attached hydrogens (tertiary/aromatic N) is 2. The minimum atomic E-state index is -0.619. The Labute approximate surface area is 121 Å². The van der Waals surface area contributed by atoms with Crippen LogP contribution in [0.3, 0.4) is 0 Å². The van der Waals surface area contributed by atoms with Crippen molar-refractivity contribution in [2.24, 2.45) is 7.05 Å². The molecule has 2 amide bonds. The van der Waals surface area contributed by atoms with Crippen molar-refractivity contribution in [1.29, 1.82) is 0 Å². The molecule has 0 saturated carbocycles. The number of hydrogen-bond acceptors (Lipinski definition) is 3. The van der Waals surface area contributed by atoms with Crippen LogP contribution in [0.2, 0.25) is 0 Å². The molecule has 1 aliphatic heterocycles. The van der Waals surface area contributed by atoms with Crippen molar-refractivity contribution in [1.82, 2.24) is 14.5 Å². The van der Waals surface area contributed by atoms with E-state index in [0.717, 1.165) is 23.0 Å². The zero-order valence-electron chi connectivity index (χ0n) is 12.0. The second-order valence-corrected chi connectivity index (χ2v) is 5.32. The molecule has 1 aromatic carbocycles. The lowest BCUT2D eigenvalue weighted by Gasteiger charge is -2.22. The average molecular weight is 287 g/mol. The summed E-state index contributed by atoms with van der Waals surface area (Å²) >= 11 is 0. The van der Waals surface area contributed by atoms with Gasteiger partial charge in [0.25, 0.3) is 0 Å². The molecule has 0 aliphatic carbocycles. The SMILES string of the molecule is CCc1cccc2c1n(C1CCC(=O)NC1=O)c(=O)n2C. The second-order valence-electron chi connectivity index (χ2n) is 5.32. The highest BCUT2D eigenvalue weighted by Gasteiger charge is 2.31. The van der Waals surface area contributed by atoms with E-state index in [4.69, 9.17) is 0 Å². The molecule has 21 heavy (non-hydrogen) atoms. The third kappa shape index (κ3) is 1.98. The first-order valence-corrected chi connectivity index (χ1v) is 7.07. The van der Waals surface area contributed by atoms with Gasteiger partial charge in [0.15, 0.2) is 0 Å². The van der Waals surface area contributed by atoms with Crippen LogP contribution in [0.1, 0.15) is 31.4 Å². The van der Waals surface area contributed by atoms with Crippen LogP contribution in [0.15, 0.2) is 23.0 Å². The van der Waals surface area contributed by atoms with Gasteiger partial charge in [-0.1, -0.05) is 19.1 Å². The third-order valence-electron chi connectivity index (χ3n) is 4.10. The van der Waals surface area contributed by atoms with Gasteiger partial charge in [0.1, 0.15) is 6.04 Å². The molecule has 110 valence electrons. The number of aromatic nitrogens is 2. The van der Waals surface area contributed by atoms with Crippen molar-refractivity contribution < 1.29 is 9.59 Å². The third-order valence-corrected chi connectivity index (χ3v) is 4.10. The maximum atomic E-state index is 12.5. The van der Waals surface area contributed by atoms with Crippen molar-refractivity contribution in [3.63, 3.8) is 0 Å². The largest absolute Gasteiger partial charge is 0.329 e. The molecule has 2 aromatic rings. The highest BCUT2D eigenvalue weighted by molar-refractivity contribution is 6.00. The Hall–Kier alpha value is -2.37. The number of piperidine rings is 1. The maximum Gasteiger partial charge on any atom is 0.329 e. The van der Waals surface area contributed by atoms with Crippen LogP contribution in [0.4, 0.5) is 0 Å². The van der Waals surface area contributed by atoms with Crippen molar-refractivity contribution in [3.05, 3.63) is 34.2 Å². The van der Waals surface area contributed by atoms with Crippen LogP contribution < -0.4 is 11.0 Å². The van der Waals surface area contributed by atoms with Gasteiger partial charge in [0.05, 0.1) is 11.0 Å². The number of nitrogens with one attached hydrogen (secondary N) is 1. The van der Waals surface area contributed by atoms with Gasteiger partial charge in [-0.3, -0.25) is 24.0 Å². The monoisotopic (exact) mass is 287 g/mol. The molecule has 3 rings (SSSR count). The summed E-state index contributed by atoms with van der Waals surface area (Å²) in [6.45, 7) is 2.01. The van der Waals surface area contributed by atoms with E-state index >= 15 is 0 Å². The number of para-hydroxylation sites is 1. The molecule has 0 bridgehead atoms. The summed E-state index contributed by atoms with van der Waals surface area (Å²) in [5.74, 6) is -0.674. The first-order valence-electron chi connectivity index (χ1n) is 7.07. The number of imidazole rings is 1. The maximum absolute atomic E-state index is 12.5. The zero-order chi connectivity index (χ0) is 15.1.